The summed E-state index contributed by atoms with van der Waals surface area (Å²) in [6.07, 6.45) is 3.04. The molecule has 0 bridgehead atoms. The highest BCUT2D eigenvalue weighted by atomic mass is 35.5. The number of halogens is 1. The van der Waals surface area contributed by atoms with Crippen LogP contribution in [0.2, 0.25) is 5.02 Å². The quantitative estimate of drug-likeness (QED) is 0.543. The second kappa shape index (κ2) is 6.54. The van der Waals surface area contributed by atoms with Crippen molar-refractivity contribution in [3.63, 3.8) is 0 Å². The third-order valence-corrected chi connectivity index (χ3v) is 3.47. The van der Waals surface area contributed by atoms with Crippen molar-refractivity contribution in [1.29, 1.82) is 0 Å². The fraction of sp³-hybridized carbons (Fsp3) is 0.0588. The SMILES string of the molecule is O=C(COC(=O)c1cccc2nccnc12)c1ccc(Cl)cc1. The highest BCUT2D eigenvalue weighted by Crippen LogP contribution is 2.15. The van der Waals surface area contributed by atoms with Crippen LogP contribution in [0.1, 0.15) is 20.7 Å². The first kappa shape index (κ1) is 15.1. The summed E-state index contributed by atoms with van der Waals surface area (Å²) < 4.78 is 5.09. The molecule has 2 aromatic carbocycles. The molecule has 6 heteroatoms. The van der Waals surface area contributed by atoms with Gasteiger partial charge in [0.05, 0.1) is 11.1 Å². The summed E-state index contributed by atoms with van der Waals surface area (Å²) in [5, 5.41) is 0.535. The van der Waals surface area contributed by atoms with E-state index in [1.807, 2.05) is 0 Å². The lowest BCUT2D eigenvalue weighted by molar-refractivity contribution is 0.0476. The van der Waals surface area contributed by atoms with Gasteiger partial charge < -0.3 is 4.74 Å². The van der Waals surface area contributed by atoms with Crippen molar-refractivity contribution in [2.45, 2.75) is 0 Å². The molecule has 0 unspecified atom stereocenters. The molecule has 23 heavy (non-hydrogen) atoms. The van der Waals surface area contributed by atoms with Crippen LogP contribution in [0.25, 0.3) is 11.0 Å². The van der Waals surface area contributed by atoms with Crippen molar-refractivity contribution in [2.75, 3.05) is 6.61 Å². The molecule has 0 saturated heterocycles. The molecule has 0 spiro atoms. The van der Waals surface area contributed by atoms with Gasteiger partial charge in [0.2, 0.25) is 0 Å². The minimum Gasteiger partial charge on any atom is -0.454 e. The lowest BCUT2D eigenvalue weighted by atomic mass is 10.1. The molecule has 0 atom stereocenters. The fourth-order valence-corrected chi connectivity index (χ4v) is 2.21. The Balaban J connectivity index is 1.74. The van der Waals surface area contributed by atoms with E-state index in [9.17, 15) is 9.59 Å². The summed E-state index contributed by atoms with van der Waals surface area (Å²) in [6, 6.07) is 11.4. The smallest absolute Gasteiger partial charge is 0.340 e. The number of ether oxygens (including phenoxy) is 1. The van der Waals surface area contributed by atoms with E-state index in [1.165, 1.54) is 6.20 Å². The van der Waals surface area contributed by atoms with E-state index < -0.39 is 5.97 Å². The molecule has 1 aromatic heterocycles. The number of carbonyl (C=O) groups excluding carboxylic acids is 2. The summed E-state index contributed by atoms with van der Waals surface area (Å²) in [7, 11) is 0. The van der Waals surface area contributed by atoms with Crippen LogP contribution in [0.4, 0.5) is 0 Å². The van der Waals surface area contributed by atoms with Crippen molar-refractivity contribution in [2.24, 2.45) is 0 Å². The molecular formula is C17H11ClN2O3. The van der Waals surface area contributed by atoms with Crippen molar-refractivity contribution >= 4 is 34.4 Å². The zero-order valence-corrected chi connectivity index (χ0v) is 12.7. The van der Waals surface area contributed by atoms with E-state index in [2.05, 4.69) is 9.97 Å². The molecule has 0 radical (unpaired) electrons. The Morgan fingerprint density at radius 3 is 2.52 bits per heavy atom. The Labute approximate surface area is 136 Å². The lowest BCUT2D eigenvalue weighted by Gasteiger charge is -2.06. The van der Waals surface area contributed by atoms with Crippen molar-refractivity contribution in [3.8, 4) is 0 Å². The minimum atomic E-state index is -0.613. The van der Waals surface area contributed by atoms with Gasteiger partial charge in [0.15, 0.2) is 12.4 Å². The normalized spacial score (nSPS) is 10.5. The Kier molecular flexibility index (Phi) is 4.30. The number of hydrogen-bond donors (Lipinski definition) is 0. The zero-order chi connectivity index (χ0) is 16.2. The van der Waals surface area contributed by atoms with Gasteiger partial charge in [-0.3, -0.25) is 14.8 Å². The third kappa shape index (κ3) is 3.35. The van der Waals surface area contributed by atoms with Gasteiger partial charge in [-0.1, -0.05) is 17.7 Å². The van der Waals surface area contributed by atoms with Crippen LogP contribution in [0.3, 0.4) is 0 Å². The van der Waals surface area contributed by atoms with Crippen LogP contribution < -0.4 is 0 Å². The molecule has 3 aromatic rings. The number of esters is 1. The maximum Gasteiger partial charge on any atom is 0.340 e. The first-order chi connectivity index (χ1) is 11.1. The highest BCUT2D eigenvalue weighted by Gasteiger charge is 2.15. The van der Waals surface area contributed by atoms with Crippen LogP contribution in [0.15, 0.2) is 54.9 Å². The number of aromatic nitrogens is 2. The Bertz CT molecular complexity index is 873. The van der Waals surface area contributed by atoms with Gasteiger partial charge in [0, 0.05) is 23.0 Å². The van der Waals surface area contributed by atoms with E-state index in [0.717, 1.165) is 0 Å². The maximum atomic E-state index is 12.2. The Morgan fingerprint density at radius 1 is 1.00 bits per heavy atom. The molecule has 0 N–H and O–H groups in total. The lowest BCUT2D eigenvalue weighted by Crippen LogP contribution is -2.14. The number of rotatable bonds is 4. The van der Waals surface area contributed by atoms with Gasteiger partial charge in [0.1, 0.15) is 5.52 Å². The average molecular weight is 327 g/mol. The van der Waals surface area contributed by atoms with Gasteiger partial charge in [-0.05, 0) is 36.4 Å². The number of carbonyl (C=O) groups is 2. The van der Waals surface area contributed by atoms with E-state index in [-0.39, 0.29) is 18.0 Å². The van der Waals surface area contributed by atoms with Crippen molar-refractivity contribution in [1.82, 2.24) is 9.97 Å². The van der Waals surface area contributed by atoms with Gasteiger partial charge >= 0.3 is 5.97 Å². The topological polar surface area (TPSA) is 69.2 Å². The minimum absolute atomic E-state index is 0.277. The Hall–Kier alpha value is -2.79. The molecule has 3 rings (SSSR count). The molecule has 0 amide bonds. The monoisotopic (exact) mass is 326 g/mol. The molecule has 114 valence electrons. The van der Waals surface area contributed by atoms with Gasteiger partial charge in [0.25, 0.3) is 0 Å². The molecule has 5 nitrogen and oxygen atoms in total. The van der Waals surface area contributed by atoms with Gasteiger partial charge in [-0.2, -0.15) is 0 Å². The van der Waals surface area contributed by atoms with Gasteiger partial charge in [-0.15, -0.1) is 0 Å². The standard InChI is InChI=1S/C17H11ClN2O3/c18-12-6-4-11(5-7-12)15(21)10-23-17(22)13-2-1-3-14-16(13)20-9-8-19-14/h1-9H,10H2. The maximum absolute atomic E-state index is 12.2. The molecule has 0 saturated carbocycles. The van der Waals surface area contributed by atoms with Crippen molar-refractivity contribution in [3.05, 3.63) is 71.0 Å². The van der Waals surface area contributed by atoms with Crippen LogP contribution in [0.5, 0.6) is 0 Å². The molecule has 0 aliphatic carbocycles. The van der Waals surface area contributed by atoms with E-state index >= 15 is 0 Å². The predicted octanol–water partition coefficient (Wildman–Crippen LogP) is 3.32. The van der Waals surface area contributed by atoms with Crippen LogP contribution in [0, 0.1) is 0 Å². The van der Waals surface area contributed by atoms with E-state index in [4.69, 9.17) is 16.3 Å². The van der Waals surface area contributed by atoms with Crippen molar-refractivity contribution < 1.29 is 14.3 Å². The number of nitrogens with zero attached hydrogens (tertiary/aromatic N) is 2. The number of hydrogen-bond acceptors (Lipinski definition) is 5. The second-order valence-corrected chi connectivity index (χ2v) is 5.17. The first-order valence-corrected chi connectivity index (χ1v) is 7.18. The van der Waals surface area contributed by atoms with Gasteiger partial charge in [-0.25, -0.2) is 4.79 Å². The summed E-state index contributed by atoms with van der Waals surface area (Å²) in [6.45, 7) is -0.350. The summed E-state index contributed by atoms with van der Waals surface area (Å²) in [4.78, 5) is 32.5. The predicted molar refractivity (Wildman–Crippen MR) is 85.6 cm³/mol. The zero-order valence-electron chi connectivity index (χ0n) is 11.9. The number of para-hydroxylation sites is 1. The van der Waals surface area contributed by atoms with Crippen LogP contribution >= 0.6 is 11.6 Å². The second-order valence-electron chi connectivity index (χ2n) is 4.74. The summed E-state index contributed by atoms with van der Waals surface area (Å²) in [5.41, 5.74) is 1.74. The van der Waals surface area contributed by atoms with Crippen LogP contribution in [-0.2, 0) is 4.74 Å². The summed E-state index contributed by atoms with van der Waals surface area (Å²) >= 11 is 5.77. The largest absolute Gasteiger partial charge is 0.454 e. The van der Waals surface area contributed by atoms with Crippen LogP contribution in [-0.4, -0.2) is 28.3 Å². The first-order valence-electron chi connectivity index (χ1n) is 6.81. The molecule has 1 heterocycles. The third-order valence-electron chi connectivity index (χ3n) is 3.22. The number of fused-ring (bicyclic) bond motifs is 1. The average Bonchev–Trinajstić information content (AvgIpc) is 2.59. The molecule has 0 fully saturated rings. The molecule has 0 aliphatic heterocycles. The molecular weight excluding hydrogens is 316 g/mol. The number of benzene rings is 2. The molecule has 0 aliphatic rings. The Morgan fingerprint density at radius 2 is 1.74 bits per heavy atom. The fourth-order valence-electron chi connectivity index (χ4n) is 2.09. The summed E-state index contributed by atoms with van der Waals surface area (Å²) in [5.74, 6) is -0.917. The number of ketones is 1. The van der Waals surface area contributed by atoms with E-state index in [0.29, 0.717) is 21.6 Å². The highest BCUT2D eigenvalue weighted by molar-refractivity contribution is 6.30. The number of Topliss-reactive ketones (excluding diaryl/α,β-unsaturated/α-hetero) is 1. The van der Waals surface area contributed by atoms with E-state index in [1.54, 1.807) is 48.7 Å².